The molecule has 1 aliphatic rings. The quantitative estimate of drug-likeness (QED) is 0.814. The third kappa shape index (κ3) is 3.53. The standard InChI is InChI=1S/C15H22FNO/c1-11(6-7-18)10-17-15-8-13(9-15)12-2-4-14(16)5-3-12/h2-5,11,13,15,17-18H,6-10H2,1H3. The van der Waals surface area contributed by atoms with E-state index in [0.717, 1.165) is 25.8 Å². The summed E-state index contributed by atoms with van der Waals surface area (Å²) in [6, 6.07) is 7.45. The van der Waals surface area contributed by atoms with Gasteiger partial charge in [-0.1, -0.05) is 19.1 Å². The highest BCUT2D eigenvalue weighted by molar-refractivity contribution is 5.23. The van der Waals surface area contributed by atoms with Gasteiger partial charge in [0.05, 0.1) is 0 Å². The normalized spacial score (nSPS) is 24.6. The fourth-order valence-electron chi connectivity index (χ4n) is 2.48. The molecule has 1 fully saturated rings. The molecule has 18 heavy (non-hydrogen) atoms. The molecule has 0 spiro atoms. The average molecular weight is 251 g/mol. The Labute approximate surface area is 108 Å². The van der Waals surface area contributed by atoms with Crippen molar-refractivity contribution < 1.29 is 9.50 Å². The summed E-state index contributed by atoms with van der Waals surface area (Å²) in [4.78, 5) is 0. The van der Waals surface area contributed by atoms with E-state index in [9.17, 15) is 4.39 Å². The second-order valence-electron chi connectivity index (χ2n) is 5.44. The molecule has 100 valence electrons. The summed E-state index contributed by atoms with van der Waals surface area (Å²) in [5, 5.41) is 12.4. The highest BCUT2D eigenvalue weighted by atomic mass is 19.1. The first kappa shape index (κ1) is 13.5. The van der Waals surface area contributed by atoms with Gasteiger partial charge < -0.3 is 10.4 Å². The first-order valence-electron chi connectivity index (χ1n) is 6.78. The Morgan fingerprint density at radius 3 is 2.61 bits per heavy atom. The lowest BCUT2D eigenvalue weighted by Crippen LogP contribution is -2.42. The van der Waals surface area contributed by atoms with Crippen molar-refractivity contribution in [3.63, 3.8) is 0 Å². The fraction of sp³-hybridized carbons (Fsp3) is 0.600. The van der Waals surface area contributed by atoms with Gasteiger partial charge in [0.25, 0.3) is 0 Å². The van der Waals surface area contributed by atoms with Crippen molar-refractivity contribution >= 4 is 0 Å². The van der Waals surface area contributed by atoms with Crippen LogP contribution in [0.15, 0.2) is 24.3 Å². The molecule has 1 atom stereocenters. The number of benzene rings is 1. The second-order valence-corrected chi connectivity index (χ2v) is 5.44. The van der Waals surface area contributed by atoms with Crippen molar-refractivity contribution in [3.05, 3.63) is 35.6 Å². The Balaban J connectivity index is 1.69. The molecule has 1 aromatic carbocycles. The molecule has 3 heteroatoms. The Hall–Kier alpha value is -0.930. The van der Waals surface area contributed by atoms with Crippen LogP contribution >= 0.6 is 0 Å². The van der Waals surface area contributed by atoms with Crippen LogP contribution in [0, 0.1) is 11.7 Å². The van der Waals surface area contributed by atoms with Crippen molar-refractivity contribution in [1.82, 2.24) is 5.32 Å². The van der Waals surface area contributed by atoms with E-state index < -0.39 is 0 Å². The predicted octanol–water partition coefficient (Wildman–Crippen LogP) is 2.68. The Kier molecular flexibility index (Phi) is 4.72. The summed E-state index contributed by atoms with van der Waals surface area (Å²) >= 11 is 0. The molecule has 1 saturated carbocycles. The van der Waals surface area contributed by atoms with Crippen LogP contribution in [0.3, 0.4) is 0 Å². The van der Waals surface area contributed by atoms with Gasteiger partial charge in [-0.3, -0.25) is 0 Å². The van der Waals surface area contributed by atoms with E-state index in [-0.39, 0.29) is 12.4 Å². The number of rotatable bonds is 6. The van der Waals surface area contributed by atoms with E-state index in [1.807, 2.05) is 12.1 Å². The van der Waals surface area contributed by atoms with Crippen LogP contribution in [0.2, 0.25) is 0 Å². The number of hydrogen-bond acceptors (Lipinski definition) is 2. The van der Waals surface area contributed by atoms with E-state index in [4.69, 9.17) is 5.11 Å². The Morgan fingerprint density at radius 1 is 1.33 bits per heavy atom. The van der Waals surface area contributed by atoms with E-state index in [0.29, 0.717) is 17.9 Å². The first-order chi connectivity index (χ1) is 8.69. The minimum absolute atomic E-state index is 0.162. The van der Waals surface area contributed by atoms with Crippen molar-refractivity contribution in [2.45, 2.75) is 38.1 Å². The Bertz CT molecular complexity index is 359. The lowest BCUT2D eigenvalue weighted by Gasteiger charge is -2.37. The molecule has 1 aliphatic carbocycles. The SMILES string of the molecule is CC(CCO)CNC1CC(c2ccc(F)cc2)C1. The number of aliphatic hydroxyl groups is 1. The minimum Gasteiger partial charge on any atom is -0.396 e. The topological polar surface area (TPSA) is 32.3 Å². The summed E-state index contributed by atoms with van der Waals surface area (Å²) in [6.07, 6.45) is 3.13. The first-order valence-corrected chi connectivity index (χ1v) is 6.78. The summed E-state index contributed by atoms with van der Waals surface area (Å²) in [6.45, 7) is 3.40. The number of nitrogens with one attached hydrogen (secondary N) is 1. The molecule has 0 bridgehead atoms. The van der Waals surface area contributed by atoms with Gasteiger partial charge in [0.2, 0.25) is 0 Å². The third-order valence-corrected chi connectivity index (χ3v) is 3.86. The predicted molar refractivity (Wildman–Crippen MR) is 71.0 cm³/mol. The average Bonchev–Trinajstić information content (AvgIpc) is 2.29. The van der Waals surface area contributed by atoms with Crippen molar-refractivity contribution in [2.75, 3.05) is 13.2 Å². The van der Waals surface area contributed by atoms with Crippen molar-refractivity contribution in [1.29, 1.82) is 0 Å². The van der Waals surface area contributed by atoms with Crippen LogP contribution in [0.4, 0.5) is 4.39 Å². The van der Waals surface area contributed by atoms with Gasteiger partial charge in [-0.05, 0) is 55.3 Å². The molecule has 1 aromatic rings. The molecule has 0 aromatic heterocycles. The van der Waals surface area contributed by atoms with Gasteiger partial charge >= 0.3 is 0 Å². The third-order valence-electron chi connectivity index (χ3n) is 3.86. The lowest BCUT2D eigenvalue weighted by molar-refractivity contribution is 0.240. The van der Waals surface area contributed by atoms with Crippen LogP contribution in [-0.4, -0.2) is 24.3 Å². The molecule has 1 unspecified atom stereocenters. The molecular weight excluding hydrogens is 229 g/mol. The van der Waals surface area contributed by atoms with E-state index in [1.54, 1.807) is 12.1 Å². The maximum Gasteiger partial charge on any atom is 0.123 e. The zero-order valence-corrected chi connectivity index (χ0v) is 10.9. The van der Waals surface area contributed by atoms with Crippen LogP contribution in [0.5, 0.6) is 0 Å². The van der Waals surface area contributed by atoms with Gasteiger partial charge in [-0.15, -0.1) is 0 Å². The molecule has 0 saturated heterocycles. The van der Waals surface area contributed by atoms with Gasteiger partial charge in [0, 0.05) is 12.6 Å². The summed E-state index contributed by atoms with van der Waals surface area (Å²) in [5.41, 5.74) is 1.25. The van der Waals surface area contributed by atoms with Gasteiger partial charge in [0.15, 0.2) is 0 Å². The molecule has 0 heterocycles. The fourth-order valence-corrected chi connectivity index (χ4v) is 2.48. The van der Waals surface area contributed by atoms with Gasteiger partial charge in [-0.25, -0.2) is 4.39 Å². The number of aliphatic hydroxyl groups excluding tert-OH is 1. The maximum absolute atomic E-state index is 12.8. The van der Waals surface area contributed by atoms with Crippen LogP contribution < -0.4 is 5.32 Å². The van der Waals surface area contributed by atoms with Gasteiger partial charge in [-0.2, -0.15) is 0 Å². The maximum atomic E-state index is 12.8. The smallest absolute Gasteiger partial charge is 0.123 e. The van der Waals surface area contributed by atoms with E-state index >= 15 is 0 Å². The molecular formula is C15H22FNO. The zero-order chi connectivity index (χ0) is 13.0. The highest BCUT2D eigenvalue weighted by Crippen LogP contribution is 2.36. The molecule has 0 aliphatic heterocycles. The molecule has 2 N–H and O–H groups in total. The second kappa shape index (κ2) is 6.30. The van der Waals surface area contributed by atoms with E-state index in [2.05, 4.69) is 12.2 Å². The van der Waals surface area contributed by atoms with Crippen LogP contribution in [0.1, 0.15) is 37.7 Å². The summed E-state index contributed by atoms with van der Waals surface area (Å²) in [5.74, 6) is 0.946. The molecule has 0 radical (unpaired) electrons. The molecule has 0 amide bonds. The highest BCUT2D eigenvalue weighted by Gasteiger charge is 2.29. The summed E-state index contributed by atoms with van der Waals surface area (Å²) < 4.78 is 12.8. The van der Waals surface area contributed by atoms with E-state index in [1.165, 1.54) is 5.56 Å². The number of halogens is 1. The van der Waals surface area contributed by atoms with Crippen LogP contribution in [-0.2, 0) is 0 Å². The molecule has 2 nitrogen and oxygen atoms in total. The zero-order valence-electron chi connectivity index (χ0n) is 10.9. The van der Waals surface area contributed by atoms with Crippen molar-refractivity contribution in [3.8, 4) is 0 Å². The van der Waals surface area contributed by atoms with Crippen molar-refractivity contribution in [2.24, 2.45) is 5.92 Å². The Morgan fingerprint density at radius 2 is 2.00 bits per heavy atom. The lowest BCUT2D eigenvalue weighted by atomic mass is 9.76. The molecule has 2 rings (SSSR count). The number of hydrogen-bond donors (Lipinski definition) is 2. The summed E-state index contributed by atoms with van der Waals surface area (Å²) in [7, 11) is 0. The van der Waals surface area contributed by atoms with Gasteiger partial charge in [0.1, 0.15) is 5.82 Å². The minimum atomic E-state index is -0.162. The van der Waals surface area contributed by atoms with Crippen LogP contribution in [0.25, 0.3) is 0 Å². The monoisotopic (exact) mass is 251 g/mol. The largest absolute Gasteiger partial charge is 0.396 e.